The standard InChI is InChI=1S/C10H17NS/c1-8(2)10(3,11)7-9-5-4-6-12-9/h4-6,8H,7,11H2,1-3H3. The molecule has 1 nitrogen and oxygen atoms in total. The Morgan fingerprint density at radius 3 is 2.67 bits per heavy atom. The van der Waals surface area contributed by atoms with Gasteiger partial charge < -0.3 is 5.73 Å². The molecule has 0 aliphatic heterocycles. The molecule has 0 bridgehead atoms. The first kappa shape index (κ1) is 9.75. The van der Waals surface area contributed by atoms with Gasteiger partial charge in [0.25, 0.3) is 0 Å². The second-order valence-corrected chi connectivity index (χ2v) is 4.95. The maximum absolute atomic E-state index is 6.16. The summed E-state index contributed by atoms with van der Waals surface area (Å²) in [5.41, 5.74) is 6.09. The van der Waals surface area contributed by atoms with E-state index in [4.69, 9.17) is 5.73 Å². The van der Waals surface area contributed by atoms with Crippen LogP contribution in [0.2, 0.25) is 0 Å². The lowest BCUT2D eigenvalue weighted by molar-refractivity contribution is 0.340. The van der Waals surface area contributed by atoms with Crippen molar-refractivity contribution in [3.63, 3.8) is 0 Å². The molecule has 0 spiro atoms. The Bertz CT molecular complexity index is 224. The van der Waals surface area contributed by atoms with E-state index in [1.54, 1.807) is 11.3 Å². The lowest BCUT2D eigenvalue weighted by atomic mass is 9.86. The SMILES string of the molecule is CC(C)C(C)(N)Cc1cccs1. The summed E-state index contributed by atoms with van der Waals surface area (Å²) in [5, 5.41) is 2.10. The number of hydrogen-bond donors (Lipinski definition) is 1. The van der Waals surface area contributed by atoms with Gasteiger partial charge in [0.15, 0.2) is 0 Å². The van der Waals surface area contributed by atoms with E-state index in [9.17, 15) is 0 Å². The van der Waals surface area contributed by atoms with Crippen molar-refractivity contribution < 1.29 is 0 Å². The monoisotopic (exact) mass is 183 g/mol. The second kappa shape index (κ2) is 3.58. The van der Waals surface area contributed by atoms with Crippen LogP contribution in [0, 0.1) is 5.92 Å². The number of thiophene rings is 1. The average molecular weight is 183 g/mol. The fourth-order valence-corrected chi connectivity index (χ4v) is 1.88. The Morgan fingerprint density at radius 2 is 2.25 bits per heavy atom. The van der Waals surface area contributed by atoms with Crippen LogP contribution in [0.4, 0.5) is 0 Å². The van der Waals surface area contributed by atoms with Crippen LogP contribution in [-0.2, 0) is 6.42 Å². The van der Waals surface area contributed by atoms with E-state index in [0.717, 1.165) is 6.42 Å². The van der Waals surface area contributed by atoms with Crippen molar-refractivity contribution in [1.82, 2.24) is 0 Å². The van der Waals surface area contributed by atoms with E-state index in [2.05, 4.69) is 38.3 Å². The smallest absolute Gasteiger partial charge is 0.0197 e. The summed E-state index contributed by atoms with van der Waals surface area (Å²) in [7, 11) is 0. The van der Waals surface area contributed by atoms with E-state index < -0.39 is 0 Å². The molecule has 0 amide bonds. The zero-order valence-electron chi connectivity index (χ0n) is 8.00. The predicted octanol–water partition coefficient (Wildman–Crippen LogP) is 2.66. The average Bonchev–Trinajstić information content (AvgIpc) is 2.38. The highest BCUT2D eigenvalue weighted by Gasteiger charge is 2.23. The third-order valence-electron chi connectivity index (χ3n) is 2.45. The summed E-state index contributed by atoms with van der Waals surface area (Å²) in [6.07, 6.45) is 0.988. The van der Waals surface area contributed by atoms with Gasteiger partial charge in [0.1, 0.15) is 0 Å². The van der Waals surface area contributed by atoms with Crippen LogP contribution in [0.15, 0.2) is 17.5 Å². The molecule has 2 heteroatoms. The molecule has 0 aromatic carbocycles. The summed E-state index contributed by atoms with van der Waals surface area (Å²) >= 11 is 1.79. The first-order valence-electron chi connectivity index (χ1n) is 4.33. The third-order valence-corrected chi connectivity index (χ3v) is 3.33. The molecule has 12 heavy (non-hydrogen) atoms. The summed E-state index contributed by atoms with van der Waals surface area (Å²) < 4.78 is 0. The van der Waals surface area contributed by atoms with Crippen LogP contribution in [0.25, 0.3) is 0 Å². The normalized spacial score (nSPS) is 16.4. The minimum Gasteiger partial charge on any atom is -0.325 e. The molecule has 2 N–H and O–H groups in total. The second-order valence-electron chi connectivity index (χ2n) is 3.92. The van der Waals surface area contributed by atoms with Gasteiger partial charge in [-0.3, -0.25) is 0 Å². The van der Waals surface area contributed by atoms with Crippen molar-refractivity contribution in [2.75, 3.05) is 0 Å². The van der Waals surface area contributed by atoms with Gasteiger partial charge in [0.2, 0.25) is 0 Å². The molecule has 1 aromatic rings. The molecule has 1 aromatic heterocycles. The van der Waals surface area contributed by atoms with Crippen molar-refractivity contribution in [3.05, 3.63) is 22.4 Å². The van der Waals surface area contributed by atoms with Crippen LogP contribution in [-0.4, -0.2) is 5.54 Å². The molecule has 1 atom stereocenters. The fraction of sp³-hybridized carbons (Fsp3) is 0.600. The van der Waals surface area contributed by atoms with E-state index >= 15 is 0 Å². The number of nitrogens with two attached hydrogens (primary N) is 1. The van der Waals surface area contributed by atoms with Crippen LogP contribution < -0.4 is 5.73 Å². The van der Waals surface area contributed by atoms with Crippen molar-refractivity contribution >= 4 is 11.3 Å². The van der Waals surface area contributed by atoms with Gasteiger partial charge in [-0.25, -0.2) is 0 Å². The van der Waals surface area contributed by atoms with Gasteiger partial charge in [0.05, 0.1) is 0 Å². The lowest BCUT2D eigenvalue weighted by Gasteiger charge is -2.28. The predicted molar refractivity (Wildman–Crippen MR) is 55.5 cm³/mol. The summed E-state index contributed by atoms with van der Waals surface area (Å²) in [4.78, 5) is 1.38. The van der Waals surface area contributed by atoms with Gasteiger partial charge in [-0.2, -0.15) is 0 Å². The Morgan fingerprint density at radius 1 is 1.58 bits per heavy atom. The molecule has 0 fully saturated rings. The molecule has 1 rings (SSSR count). The number of rotatable bonds is 3. The van der Waals surface area contributed by atoms with Gasteiger partial charge >= 0.3 is 0 Å². The molecule has 68 valence electrons. The largest absolute Gasteiger partial charge is 0.325 e. The molecule has 0 saturated carbocycles. The van der Waals surface area contributed by atoms with Gasteiger partial charge in [-0.1, -0.05) is 19.9 Å². The highest BCUT2D eigenvalue weighted by atomic mass is 32.1. The van der Waals surface area contributed by atoms with Crippen molar-refractivity contribution in [2.24, 2.45) is 11.7 Å². The van der Waals surface area contributed by atoms with Crippen LogP contribution in [0.1, 0.15) is 25.6 Å². The summed E-state index contributed by atoms with van der Waals surface area (Å²) in [5.74, 6) is 0.527. The minimum absolute atomic E-state index is 0.0646. The molecular formula is C10H17NS. The minimum atomic E-state index is -0.0646. The molecule has 1 unspecified atom stereocenters. The molecule has 0 aliphatic carbocycles. The topological polar surface area (TPSA) is 26.0 Å². The van der Waals surface area contributed by atoms with Gasteiger partial charge in [-0.05, 0) is 30.7 Å². The Kier molecular flexibility index (Phi) is 2.91. The first-order chi connectivity index (χ1) is 5.52. The maximum atomic E-state index is 6.16. The molecule has 1 heterocycles. The zero-order chi connectivity index (χ0) is 9.19. The molecular weight excluding hydrogens is 166 g/mol. The van der Waals surface area contributed by atoms with Crippen LogP contribution in [0.5, 0.6) is 0 Å². The van der Waals surface area contributed by atoms with E-state index in [1.165, 1.54) is 4.88 Å². The Labute approximate surface area is 78.6 Å². The van der Waals surface area contributed by atoms with Crippen LogP contribution in [0.3, 0.4) is 0 Å². The third kappa shape index (κ3) is 2.32. The molecule has 0 saturated heterocycles. The fourth-order valence-electron chi connectivity index (χ4n) is 0.993. The van der Waals surface area contributed by atoms with Gasteiger partial charge in [-0.15, -0.1) is 11.3 Å². The number of hydrogen-bond acceptors (Lipinski definition) is 2. The summed E-state index contributed by atoms with van der Waals surface area (Å²) in [6.45, 7) is 6.47. The quantitative estimate of drug-likeness (QED) is 0.766. The van der Waals surface area contributed by atoms with E-state index in [1.807, 2.05) is 0 Å². The van der Waals surface area contributed by atoms with Crippen molar-refractivity contribution in [2.45, 2.75) is 32.7 Å². The molecule has 0 radical (unpaired) electrons. The van der Waals surface area contributed by atoms with E-state index in [-0.39, 0.29) is 5.54 Å². The van der Waals surface area contributed by atoms with E-state index in [0.29, 0.717) is 5.92 Å². The highest BCUT2D eigenvalue weighted by Crippen LogP contribution is 2.21. The van der Waals surface area contributed by atoms with Gasteiger partial charge in [0, 0.05) is 10.4 Å². The van der Waals surface area contributed by atoms with Crippen LogP contribution >= 0.6 is 11.3 Å². The Hall–Kier alpha value is -0.340. The van der Waals surface area contributed by atoms with Crippen molar-refractivity contribution in [3.8, 4) is 0 Å². The highest BCUT2D eigenvalue weighted by molar-refractivity contribution is 7.09. The molecule has 0 aliphatic rings. The Balaban J connectivity index is 2.62. The zero-order valence-corrected chi connectivity index (χ0v) is 8.82. The first-order valence-corrected chi connectivity index (χ1v) is 5.21. The van der Waals surface area contributed by atoms with Crippen molar-refractivity contribution in [1.29, 1.82) is 0 Å². The lowest BCUT2D eigenvalue weighted by Crippen LogP contribution is -2.43. The summed E-state index contributed by atoms with van der Waals surface area (Å²) in [6, 6.07) is 4.23. The maximum Gasteiger partial charge on any atom is 0.0197 e.